The smallest absolute Gasteiger partial charge is 0.176 e. The number of carbonyl (C=O) groups is 1. The summed E-state index contributed by atoms with van der Waals surface area (Å²) in [5.74, 6) is 1.11. The van der Waals surface area contributed by atoms with Crippen molar-refractivity contribution in [2.45, 2.75) is 25.7 Å². The number of fused-ring (bicyclic) bond motifs is 1. The standard InChI is InChI=1S/C14H19NO2/c1-15-9-13(16)11-7-8-14(17-2)12-6-4-3-5-10(11)12/h7-8,15H,3-6,9H2,1-2H3. The van der Waals surface area contributed by atoms with E-state index in [1.165, 1.54) is 24.0 Å². The Hall–Kier alpha value is -1.35. The van der Waals surface area contributed by atoms with Crippen LogP contribution in [0.3, 0.4) is 0 Å². The fraction of sp³-hybridized carbons (Fsp3) is 0.500. The highest BCUT2D eigenvalue weighted by Gasteiger charge is 2.20. The van der Waals surface area contributed by atoms with Crippen LogP contribution in [-0.2, 0) is 12.8 Å². The Morgan fingerprint density at radius 2 is 2.00 bits per heavy atom. The summed E-state index contributed by atoms with van der Waals surface area (Å²) in [5, 5.41) is 2.92. The van der Waals surface area contributed by atoms with Gasteiger partial charge in [0, 0.05) is 5.56 Å². The summed E-state index contributed by atoms with van der Waals surface area (Å²) in [6, 6.07) is 3.83. The topological polar surface area (TPSA) is 38.3 Å². The molecule has 0 saturated heterocycles. The lowest BCUT2D eigenvalue weighted by Gasteiger charge is -2.21. The van der Waals surface area contributed by atoms with Crippen molar-refractivity contribution in [3.05, 3.63) is 28.8 Å². The molecule has 1 aliphatic carbocycles. The molecule has 0 fully saturated rings. The van der Waals surface area contributed by atoms with Crippen LogP contribution in [-0.4, -0.2) is 26.5 Å². The van der Waals surface area contributed by atoms with Crippen molar-refractivity contribution in [2.24, 2.45) is 0 Å². The summed E-state index contributed by atoms with van der Waals surface area (Å²) >= 11 is 0. The molecule has 1 aromatic carbocycles. The van der Waals surface area contributed by atoms with Crippen LogP contribution in [0, 0.1) is 0 Å². The van der Waals surface area contributed by atoms with Gasteiger partial charge >= 0.3 is 0 Å². The number of benzene rings is 1. The molecule has 0 spiro atoms. The number of nitrogens with one attached hydrogen (secondary N) is 1. The molecule has 0 bridgehead atoms. The zero-order valence-corrected chi connectivity index (χ0v) is 10.5. The van der Waals surface area contributed by atoms with Gasteiger partial charge in [-0.3, -0.25) is 4.79 Å². The maximum absolute atomic E-state index is 12.0. The highest BCUT2D eigenvalue weighted by atomic mass is 16.5. The molecule has 3 nitrogen and oxygen atoms in total. The molecule has 2 rings (SSSR count). The Kier molecular flexibility index (Phi) is 3.79. The lowest BCUT2D eigenvalue weighted by atomic mass is 9.86. The van der Waals surface area contributed by atoms with Crippen molar-refractivity contribution < 1.29 is 9.53 Å². The maximum Gasteiger partial charge on any atom is 0.176 e. The summed E-state index contributed by atoms with van der Waals surface area (Å²) < 4.78 is 5.38. The molecule has 0 saturated carbocycles. The molecule has 0 aliphatic heterocycles. The van der Waals surface area contributed by atoms with E-state index in [0.717, 1.165) is 24.2 Å². The molecule has 0 amide bonds. The zero-order chi connectivity index (χ0) is 12.3. The minimum absolute atomic E-state index is 0.174. The predicted molar refractivity (Wildman–Crippen MR) is 67.9 cm³/mol. The third kappa shape index (κ3) is 2.34. The molecule has 1 aliphatic rings. The number of ether oxygens (including phenoxy) is 1. The van der Waals surface area contributed by atoms with Crippen LogP contribution < -0.4 is 10.1 Å². The average molecular weight is 233 g/mol. The van der Waals surface area contributed by atoms with E-state index in [4.69, 9.17) is 4.74 Å². The Balaban J connectivity index is 2.43. The van der Waals surface area contributed by atoms with Crippen LogP contribution in [0.1, 0.15) is 34.3 Å². The summed E-state index contributed by atoms with van der Waals surface area (Å²) in [6.07, 6.45) is 4.38. The number of methoxy groups -OCH3 is 1. The molecule has 1 aromatic rings. The first-order valence-electron chi connectivity index (χ1n) is 6.14. The second-order valence-corrected chi connectivity index (χ2v) is 4.43. The molecule has 3 heteroatoms. The summed E-state index contributed by atoms with van der Waals surface area (Å²) in [7, 11) is 3.49. The van der Waals surface area contributed by atoms with Gasteiger partial charge in [0.2, 0.25) is 0 Å². The second kappa shape index (κ2) is 5.32. The van der Waals surface area contributed by atoms with E-state index in [2.05, 4.69) is 5.32 Å². The summed E-state index contributed by atoms with van der Waals surface area (Å²) in [5.41, 5.74) is 3.31. The van der Waals surface area contributed by atoms with Gasteiger partial charge in [-0.2, -0.15) is 0 Å². The Morgan fingerprint density at radius 3 is 2.65 bits per heavy atom. The van der Waals surface area contributed by atoms with Gasteiger partial charge < -0.3 is 10.1 Å². The zero-order valence-electron chi connectivity index (χ0n) is 10.5. The number of hydrogen-bond acceptors (Lipinski definition) is 3. The van der Waals surface area contributed by atoms with Crippen molar-refractivity contribution in [1.29, 1.82) is 0 Å². The molecular weight excluding hydrogens is 214 g/mol. The third-order valence-electron chi connectivity index (χ3n) is 3.35. The fourth-order valence-corrected chi connectivity index (χ4v) is 2.54. The van der Waals surface area contributed by atoms with E-state index >= 15 is 0 Å². The van der Waals surface area contributed by atoms with Gasteiger partial charge in [-0.1, -0.05) is 0 Å². The van der Waals surface area contributed by atoms with E-state index in [0.29, 0.717) is 6.54 Å². The fourth-order valence-electron chi connectivity index (χ4n) is 2.54. The van der Waals surface area contributed by atoms with E-state index < -0.39 is 0 Å². The predicted octanol–water partition coefficient (Wildman–Crippen LogP) is 1.98. The Bertz CT molecular complexity index is 426. The van der Waals surface area contributed by atoms with Crippen molar-refractivity contribution in [3.63, 3.8) is 0 Å². The number of rotatable bonds is 4. The number of hydrogen-bond donors (Lipinski definition) is 1. The van der Waals surface area contributed by atoms with Crippen LogP contribution in [0.5, 0.6) is 5.75 Å². The van der Waals surface area contributed by atoms with E-state index in [-0.39, 0.29) is 5.78 Å². The van der Waals surface area contributed by atoms with E-state index in [9.17, 15) is 4.79 Å². The maximum atomic E-state index is 12.0. The molecule has 17 heavy (non-hydrogen) atoms. The normalized spacial score (nSPS) is 14.2. The second-order valence-electron chi connectivity index (χ2n) is 4.43. The van der Waals surface area contributed by atoms with Crippen LogP contribution in [0.15, 0.2) is 12.1 Å². The molecule has 0 unspecified atom stereocenters. The van der Waals surface area contributed by atoms with Crippen LogP contribution in [0.25, 0.3) is 0 Å². The lowest BCUT2D eigenvalue weighted by Crippen LogP contribution is -2.21. The van der Waals surface area contributed by atoms with Gasteiger partial charge in [0.25, 0.3) is 0 Å². The lowest BCUT2D eigenvalue weighted by molar-refractivity contribution is 0.0992. The van der Waals surface area contributed by atoms with Gasteiger partial charge in [-0.25, -0.2) is 0 Å². The van der Waals surface area contributed by atoms with Crippen molar-refractivity contribution in [3.8, 4) is 5.75 Å². The minimum Gasteiger partial charge on any atom is -0.496 e. The number of Topliss-reactive ketones (excluding diaryl/α,β-unsaturated/α-hetero) is 1. The first kappa shape index (κ1) is 12.1. The molecule has 0 aromatic heterocycles. The number of carbonyl (C=O) groups excluding carboxylic acids is 1. The van der Waals surface area contributed by atoms with Crippen molar-refractivity contribution in [1.82, 2.24) is 5.32 Å². The van der Waals surface area contributed by atoms with Crippen LogP contribution in [0.2, 0.25) is 0 Å². The molecule has 0 radical (unpaired) electrons. The Labute approximate surface area is 102 Å². The van der Waals surface area contributed by atoms with Gasteiger partial charge in [-0.15, -0.1) is 0 Å². The Morgan fingerprint density at radius 1 is 1.29 bits per heavy atom. The van der Waals surface area contributed by atoms with Crippen molar-refractivity contribution in [2.75, 3.05) is 20.7 Å². The molecule has 0 atom stereocenters. The van der Waals surface area contributed by atoms with E-state index in [1.807, 2.05) is 12.1 Å². The average Bonchev–Trinajstić information content (AvgIpc) is 2.37. The summed E-state index contributed by atoms with van der Waals surface area (Å²) in [4.78, 5) is 12.0. The number of likely N-dealkylation sites (N-methyl/N-ethyl adjacent to an activating group) is 1. The molecular formula is C14H19NO2. The van der Waals surface area contributed by atoms with Gasteiger partial charge in [0.1, 0.15) is 5.75 Å². The molecule has 1 N–H and O–H groups in total. The highest BCUT2D eigenvalue weighted by Crippen LogP contribution is 2.32. The van der Waals surface area contributed by atoms with Crippen LogP contribution in [0.4, 0.5) is 0 Å². The number of ketones is 1. The monoisotopic (exact) mass is 233 g/mol. The van der Waals surface area contributed by atoms with Gasteiger partial charge in [0.05, 0.1) is 13.7 Å². The van der Waals surface area contributed by atoms with Gasteiger partial charge in [0.15, 0.2) is 5.78 Å². The summed E-state index contributed by atoms with van der Waals surface area (Å²) in [6.45, 7) is 0.402. The first-order chi connectivity index (χ1) is 8.27. The SMILES string of the molecule is CNCC(=O)c1ccc(OC)c2c1CCCC2. The largest absolute Gasteiger partial charge is 0.496 e. The quantitative estimate of drug-likeness (QED) is 0.808. The molecule has 0 heterocycles. The van der Waals surface area contributed by atoms with Gasteiger partial charge in [-0.05, 0) is 56.0 Å². The minimum atomic E-state index is 0.174. The third-order valence-corrected chi connectivity index (χ3v) is 3.35. The molecule has 92 valence electrons. The van der Waals surface area contributed by atoms with E-state index in [1.54, 1.807) is 14.2 Å². The van der Waals surface area contributed by atoms with Crippen LogP contribution >= 0.6 is 0 Å². The van der Waals surface area contributed by atoms with Crippen molar-refractivity contribution >= 4 is 5.78 Å². The first-order valence-corrected chi connectivity index (χ1v) is 6.14. The highest BCUT2D eigenvalue weighted by molar-refractivity contribution is 5.99.